The van der Waals surface area contributed by atoms with Crippen LogP contribution in [0.3, 0.4) is 0 Å². The van der Waals surface area contributed by atoms with Gasteiger partial charge < -0.3 is 10.5 Å². The number of hydrogen-bond donors (Lipinski definition) is 1. The third-order valence-electron chi connectivity index (χ3n) is 7.09. The molecule has 0 saturated heterocycles. The first kappa shape index (κ1) is 25.1. The predicted octanol–water partition coefficient (Wildman–Crippen LogP) is 5.98. The molecule has 9 heteroatoms. The predicted molar refractivity (Wildman–Crippen MR) is 149 cm³/mol. The third kappa shape index (κ3) is 5.10. The quantitative estimate of drug-likeness (QED) is 0.241. The van der Waals surface area contributed by atoms with Gasteiger partial charge in [-0.25, -0.2) is 9.97 Å². The van der Waals surface area contributed by atoms with E-state index < -0.39 is 10.1 Å². The van der Waals surface area contributed by atoms with Crippen molar-refractivity contribution in [3.8, 4) is 22.8 Å². The first-order valence-corrected chi connectivity index (χ1v) is 14.2. The summed E-state index contributed by atoms with van der Waals surface area (Å²) in [6.07, 6.45) is 5.08. The van der Waals surface area contributed by atoms with Gasteiger partial charge in [0.25, 0.3) is 10.1 Å². The minimum atomic E-state index is -3.78. The molecule has 2 aromatic heterocycles. The fraction of sp³-hybridized carbons (Fsp3) is 0.200. The number of benzene rings is 3. The smallest absolute Gasteiger partial charge is 0.296 e. The van der Waals surface area contributed by atoms with E-state index in [0.29, 0.717) is 5.82 Å². The lowest BCUT2D eigenvalue weighted by Crippen LogP contribution is -2.28. The molecule has 8 nitrogen and oxygen atoms in total. The van der Waals surface area contributed by atoms with Crippen molar-refractivity contribution in [3.63, 3.8) is 0 Å². The molecule has 0 amide bonds. The Morgan fingerprint density at radius 2 is 1.64 bits per heavy atom. The molecular weight excluding hydrogens is 512 g/mol. The zero-order chi connectivity index (χ0) is 27.0. The number of aromatic nitrogens is 3. The Bertz CT molecular complexity index is 1710. The van der Waals surface area contributed by atoms with Gasteiger partial charge in [0.2, 0.25) is 0 Å². The van der Waals surface area contributed by atoms with Crippen LogP contribution >= 0.6 is 0 Å². The van der Waals surface area contributed by atoms with Crippen molar-refractivity contribution >= 4 is 21.5 Å². The molecule has 198 valence electrons. The first-order chi connectivity index (χ1) is 18.9. The van der Waals surface area contributed by atoms with Crippen molar-refractivity contribution in [2.75, 3.05) is 12.3 Å². The number of ether oxygens (including phenoxy) is 1. The zero-order valence-corrected chi connectivity index (χ0v) is 22.2. The van der Waals surface area contributed by atoms with Gasteiger partial charge in [-0.05, 0) is 74.2 Å². The fourth-order valence-electron chi connectivity index (χ4n) is 4.92. The molecular formula is C30H28N4O4S. The van der Waals surface area contributed by atoms with Crippen LogP contribution in [0.2, 0.25) is 0 Å². The van der Waals surface area contributed by atoms with Crippen molar-refractivity contribution in [2.45, 2.75) is 30.6 Å². The summed E-state index contributed by atoms with van der Waals surface area (Å²) in [5.41, 5.74) is 9.71. The van der Waals surface area contributed by atoms with Gasteiger partial charge in [-0.1, -0.05) is 35.9 Å². The Morgan fingerprint density at radius 3 is 2.36 bits per heavy atom. The van der Waals surface area contributed by atoms with Gasteiger partial charge in [0, 0.05) is 23.9 Å². The number of nitrogens with zero attached hydrogens (tertiary/aromatic N) is 3. The summed E-state index contributed by atoms with van der Waals surface area (Å²) in [5.74, 6) is 3.06. The van der Waals surface area contributed by atoms with Crippen molar-refractivity contribution in [2.24, 2.45) is 5.92 Å². The van der Waals surface area contributed by atoms with Crippen molar-refractivity contribution < 1.29 is 17.3 Å². The molecule has 5 aromatic rings. The number of hydrogen-bond acceptors (Lipinski definition) is 7. The van der Waals surface area contributed by atoms with Gasteiger partial charge in [0.1, 0.15) is 34.4 Å². The van der Waals surface area contributed by atoms with E-state index in [-0.39, 0.29) is 23.3 Å². The van der Waals surface area contributed by atoms with Gasteiger partial charge in [-0.3, -0.25) is 8.58 Å². The van der Waals surface area contributed by atoms with Crippen LogP contribution in [0.15, 0.2) is 96.2 Å². The number of fused-ring (bicyclic) bond motifs is 1. The van der Waals surface area contributed by atoms with Crippen LogP contribution in [0.25, 0.3) is 16.8 Å². The van der Waals surface area contributed by atoms with Crippen LogP contribution in [0.5, 0.6) is 11.5 Å². The Labute approximate surface area is 227 Å². The minimum absolute atomic E-state index is 0.125. The second kappa shape index (κ2) is 10.2. The Morgan fingerprint density at radius 1 is 0.949 bits per heavy atom. The summed E-state index contributed by atoms with van der Waals surface area (Å²) < 4.78 is 38.4. The van der Waals surface area contributed by atoms with E-state index in [9.17, 15) is 8.42 Å². The Balaban J connectivity index is 1.18. The van der Waals surface area contributed by atoms with E-state index in [1.54, 1.807) is 30.5 Å². The van der Waals surface area contributed by atoms with Gasteiger partial charge in [0.15, 0.2) is 0 Å². The SMILES string of the molecule is Cc1ccc(S(=O)(=O)OCC2CC(c3nc(-c4ccc(Oc5ccccc5)cc4)c4c(N)nccn34)C2)cc1. The second-order valence-electron chi connectivity index (χ2n) is 9.88. The van der Waals surface area contributed by atoms with E-state index in [1.807, 2.05) is 72.1 Å². The Kier molecular flexibility index (Phi) is 6.54. The van der Waals surface area contributed by atoms with Gasteiger partial charge in [-0.2, -0.15) is 8.42 Å². The van der Waals surface area contributed by atoms with E-state index in [2.05, 4.69) is 4.98 Å². The molecule has 0 radical (unpaired) electrons. The number of nitrogens with two attached hydrogens (primary N) is 1. The summed E-state index contributed by atoms with van der Waals surface area (Å²) in [5, 5.41) is 0. The summed E-state index contributed by atoms with van der Waals surface area (Å²) >= 11 is 0. The average molecular weight is 541 g/mol. The largest absolute Gasteiger partial charge is 0.457 e. The maximum atomic E-state index is 12.6. The molecule has 39 heavy (non-hydrogen) atoms. The van der Waals surface area contributed by atoms with Crippen LogP contribution in [-0.4, -0.2) is 29.4 Å². The van der Waals surface area contributed by atoms with E-state index >= 15 is 0 Å². The van der Waals surface area contributed by atoms with Crippen molar-refractivity contribution in [1.82, 2.24) is 14.4 Å². The van der Waals surface area contributed by atoms with Crippen molar-refractivity contribution in [3.05, 3.63) is 103 Å². The lowest BCUT2D eigenvalue weighted by atomic mass is 9.75. The molecule has 1 saturated carbocycles. The number of anilines is 1. The molecule has 0 atom stereocenters. The lowest BCUT2D eigenvalue weighted by molar-refractivity contribution is 0.158. The molecule has 0 spiro atoms. The normalized spacial score (nSPS) is 17.2. The van der Waals surface area contributed by atoms with Crippen molar-refractivity contribution in [1.29, 1.82) is 0 Å². The highest BCUT2D eigenvalue weighted by molar-refractivity contribution is 7.86. The summed E-state index contributed by atoms with van der Waals surface area (Å²) in [4.78, 5) is 9.47. The van der Waals surface area contributed by atoms with E-state index in [0.717, 1.165) is 52.5 Å². The number of nitrogen functional groups attached to an aromatic ring is 1. The highest BCUT2D eigenvalue weighted by atomic mass is 32.2. The van der Waals surface area contributed by atoms with Gasteiger partial charge in [-0.15, -0.1) is 0 Å². The number of rotatable bonds is 8. The topological polar surface area (TPSA) is 109 Å². The molecule has 2 N–H and O–H groups in total. The van der Waals surface area contributed by atoms with E-state index in [4.69, 9.17) is 19.6 Å². The number of aryl methyl sites for hydroxylation is 1. The van der Waals surface area contributed by atoms with Crippen LogP contribution in [-0.2, 0) is 14.3 Å². The average Bonchev–Trinajstić information content (AvgIpc) is 3.29. The van der Waals surface area contributed by atoms with Crippen LogP contribution in [0.1, 0.15) is 30.1 Å². The van der Waals surface area contributed by atoms with Crippen LogP contribution in [0.4, 0.5) is 5.82 Å². The maximum absolute atomic E-state index is 12.6. The molecule has 0 bridgehead atoms. The molecule has 1 fully saturated rings. The summed E-state index contributed by atoms with van der Waals surface area (Å²) in [6, 6.07) is 24.0. The molecule has 0 aliphatic heterocycles. The standard InChI is InChI=1S/C30H28N4O4S/c1-20-7-13-26(14-8-20)39(35,36)37-19-21-17-23(18-21)30-33-27(28-29(31)32-15-16-34(28)30)22-9-11-25(12-10-22)38-24-5-3-2-4-6-24/h2-16,21,23H,17-19H2,1H3,(H2,31,32). The lowest BCUT2D eigenvalue weighted by Gasteiger charge is -2.34. The molecule has 2 heterocycles. The highest BCUT2D eigenvalue weighted by Gasteiger charge is 2.35. The van der Waals surface area contributed by atoms with Gasteiger partial charge in [0.05, 0.1) is 11.5 Å². The maximum Gasteiger partial charge on any atom is 0.296 e. The molecule has 3 aromatic carbocycles. The monoisotopic (exact) mass is 540 g/mol. The van der Waals surface area contributed by atoms with Crippen LogP contribution in [0, 0.1) is 12.8 Å². The summed E-state index contributed by atoms with van der Waals surface area (Å²) in [6.45, 7) is 2.06. The second-order valence-corrected chi connectivity index (χ2v) is 11.5. The summed E-state index contributed by atoms with van der Waals surface area (Å²) in [7, 11) is -3.78. The Hall–Kier alpha value is -4.21. The number of para-hydroxylation sites is 1. The molecule has 1 aliphatic rings. The molecule has 1 aliphatic carbocycles. The fourth-order valence-corrected chi connectivity index (χ4v) is 5.90. The molecule has 6 rings (SSSR count). The zero-order valence-electron chi connectivity index (χ0n) is 21.4. The molecule has 0 unspecified atom stereocenters. The first-order valence-electron chi connectivity index (χ1n) is 12.8. The highest BCUT2D eigenvalue weighted by Crippen LogP contribution is 2.43. The third-order valence-corrected chi connectivity index (χ3v) is 8.38. The van der Waals surface area contributed by atoms with Crippen LogP contribution < -0.4 is 10.5 Å². The van der Waals surface area contributed by atoms with E-state index in [1.165, 1.54) is 0 Å². The van der Waals surface area contributed by atoms with Gasteiger partial charge >= 0.3 is 0 Å². The minimum Gasteiger partial charge on any atom is -0.457 e. The number of imidazole rings is 1.